The summed E-state index contributed by atoms with van der Waals surface area (Å²) in [5.41, 5.74) is 0. The topological polar surface area (TPSA) is 29.1 Å². The summed E-state index contributed by atoms with van der Waals surface area (Å²) in [5, 5.41) is 3.94. The molecule has 0 atom stereocenters. The number of nitrogens with one attached hydrogen (secondary N) is 1. The van der Waals surface area contributed by atoms with E-state index in [1.807, 2.05) is 0 Å². The summed E-state index contributed by atoms with van der Waals surface area (Å²) >= 11 is 3.35. The van der Waals surface area contributed by atoms with Crippen molar-refractivity contribution in [3.8, 4) is 0 Å². The first-order chi connectivity index (χ1) is 6.81. The molecular weight excluding hydrogens is 242 g/mol. The van der Waals surface area contributed by atoms with Gasteiger partial charge in [0.1, 0.15) is 0 Å². The first-order valence-corrected chi connectivity index (χ1v) is 6.76. The lowest BCUT2D eigenvalue weighted by molar-refractivity contribution is -0.121. The number of rotatable bonds is 9. The van der Waals surface area contributed by atoms with E-state index in [2.05, 4.69) is 28.2 Å². The summed E-state index contributed by atoms with van der Waals surface area (Å²) in [6.07, 6.45) is 7.64. The van der Waals surface area contributed by atoms with Crippen LogP contribution in [0.5, 0.6) is 0 Å². The smallest absolute Gasteiger partial charge is 0.219 e. The Kier molecular flexibility index (Phi) is 11.0. The highest BCUT2D eigenvalue weighted by molar-refractivity contribution is 9.09. The molecule has 84 valence electrons. The van der Waals surface area contributed by atoms with Gasteiger partial charge in [-0.25, -0.2) is 0 Å². The van der Waals surface area contributed by atoms with E-state index in [0.717, 1.165) is 31.1 Å². The molecule has 0 unspecified atom stereocenters. The highest BCUT2D eigenvalue weighted by Gasteiger charge is 1.98. The van der Waals surface area contributed by atoms with Gasteiger partial charge in [0.05, 0.1) is 0 Å². The van der Waals surface area contributed by atoms with E-state index in [4.69, 9.17) is 0 Å². The molecule has 0 saturated heterocycles. The fourth-order valence-electron chi connectivity index (χ4n) is 1.25. The van der Waals surface area contributed by atoms with Gasteiger partial charge in [-0.05, 0) is 19.3 Å². The van der Waals surface area contributed by atoms with E-state index in [9.17, 15) is 4.79 Å². The van der Waals surface area contributed by atoms with Gasteiger partial charge in [0, 0.05) is 18.3 Å². The van der Waals surface area contributed by atoms with Crippen molar-refractivity contribution in [2.75, 3.05) is 11.9 Å². The second-order valence-corrected chi connectivity index (χ2v) is 4.35. The molecule has 0 heterocycles. The third-order valence-corrected chi connectivity index (χ3v) is 2.70. The first kappa shape index (κ1) is 13.9. The van der Waals surface area contributed by atoms with Crippen LogP contribution in [0.25, 0.3) is 0 Å². The van der Waals surface area contributed by atoms with E-state index in [-0.39, 0.29) is 5.91 Å². The maximum absolute atomic E-state index is 11.2. The number of unbranched alkanes of at least 4 members (excludes halogenated alkanes) is 4. The minimum absolute atomic E-state index is 0.211. The summed E-state index contributed by atoms with van der Waals surface area (Å²) in [7, 11) is 0. The van der Waals surface area contributed by atoms with Crippen molar-refractivity contribution in [2.45, 2.75) is 51.9 Å². The molecule has 0 radical (unpaired) electrons. The average molecular weight is 264 g/mol. The Bertz CT molecular complexity index is 139. The Morgan fingerprint density at radius 2 is 1.93 bits per heavy atom. The first-order valence-electron chi connectivity index (χ1n) is 5.64. The van der Waals surface area contributed by atoms with Crippen LogP contribution in [0.15, 0.2) is 0 Å². The van der Waals surface area contributed by atoms with Crippen LogP contribution >= 0.6 is 15.9 Å². The van der Waals surface area contributed by atoms with Gasteiger partial charge in [0.2, 0.25) is 5.91 Å². The van der Waals surface area contributed by atoms with Crippen molar-refractivity contribution in [3.05, 3.63) is 0 Å². The molecule has 1 N–H and O–H groups in total. The molecule has 0 aromatic heterocycles. The van der Waals surface area contributed by atoms with Crippen molar-refractivity contribution in [1.82, 2.24) is 5.32 Å². The molecule has 0 aliphatic rings. The van der Waals surface area contributed by atoms with Crippen LogP contribution in [0.1, 0.15) is 51.9 Å². The molecule has 14 heavy (non-hydrogen) atoms. The monoisotopic (exact) mass is 263 g/mol. The molecule has 3 heteroatoms. The molecule has 0 aromatic rings. The molecule has 0 rings (SSSR count). The Morgan fingerprint density at radius 3 is 2.57 bits per heavy atom. The van der Waals surface area contributed by atoms with Gasteiger partial charge in [-0.3, -0.25) is 4.79 Å². The maximum atomic E-state index is 11.2. The van der Waals surface area contributed by atoms with Crippen LogP contribution < -0.4 is 5.32 Å². The van der Waals surface area contributed by atoms with Gasteiger partial charge in [-0.2, -0.15) is 0 Å². The van der Waals surface area contributed by atoms with Gasteiger partial charge in [-0.15, -0.1) is 0 Å². The maximum Gasteiger partial charge on any atom is 0.219 e. The van der Waals surface area contributed by atoms with Crippen molar-refractivity contribution in [1.29, 1.82) is 0 Å². The third kappa shape index (κ3) is 10.0. The number of halogens is 1. The summed E-state index contributed by atoms with van der Waals surface area (Å²) in [6.45, 7) is 3.05. The minimum Gasteiger partial charge on any atom is -0.356 e. The van der Waals surface area contributed by atoms with Crippen LogP contribution in [-0.4, -0.2) is 17.8 Å². The lowest BCUT2D eigenvalue weighted by atomic mass is 10.2. The van der Waals surface area contributed by atoms with E-state index in [0.29, 0.717) is 6.42 Å². The molecule has 0 bridgehead atoms. The second kappa shape index (κ2) is 11.0. The molecular formula is C11H22BrNO. The van der Waals surface area contributed by atoms with Crippen molar-refractivity contribution < 1.29 is 4.79 Å². The fourth-order valence-corrected chi connectivity index (χ4v) is 1.64. The molecule has 0 fully saturated rings. The second-order valence-electron chi connectivity index (χ2n) is 3.56. The number of amides is 1. The zero-order valence-corrected chi connectivity index (χ0v) is 10.7. The van der Waals surface area contributed by atoms with Gasteiger partial charge in [-0.1, -0.05) is 42.1 Å². The van der Waals surface area contributed by atoms with E-state index in [1.165, 1.54) is 19.3 Å². The molecule has 0 aromatic carbocycles. The predicted octanol–water partition coefficient (Wildman–Crippen LogP) is 3.25. The van der Waals surface area contributed by atoms with Crippen LogP contribution in [-0.2, 0) is 4.79 Å². The quantitative estimate of drug-likeness (QED) is 0.502. The predicted molar refractivity (Wildman–Crippen MR) is 64.8 cm³/mol. The molecule has 0 saturated carbocycles. The Morgan fingerprint density at radius 1 is 1.14 bits per heavy atom. The summed E-state index contributed by atoms with van der Waals surface area (Å²) in [4.78, 5) is 11.2. The SMILES string of the molecule is CCCCCCNC(=O)CCCCBr. The van der Waals surface area contributed by atoms with E-state index in [1.54, 1.807) is 0 Å². The standard InChI is InChI=1S/C11H22BrNO/c1-2-3-4-7-10-13-11(14)8-5-6-9-12/h2-10H2,1H3,(H,13,14). The summed E-state index contributed by atoms with van der Waals surface area (Å²) < 4.78 is 0. The lowest BCUT2D eigenvalue weighted by Crippen LogP contribution is -2.23. The van der Waals surface area contributed by atoms with Gasteiger partial charge in [0.15, 0.2) is 0 Å². The fraction of sp³-hybridized carbons (Fsp3) is 0.909. The lowest BCUT2D eigenvalue weighted by Gasteiger charge is -2.03. The number of carbonyl (C=O) groups is 1. The summed E-state index contributed by atoms with van der Waals surface area (Å²) in [6, 6.07) is 0. The van der Waals surface area contributed by atoms with Gasteiger partial charge in [0.25, 0.3) is 0 Å². The largest absolute Gasteiger partial charge is 0.356 e. The Balaban J connectivity index is 3.10. The van der Waals surface area contributed by atoms with Gasteiger partial charge < -0.3 is 5.32 Å². The average Bonchev–Trinajstić information content (AvgIpc) is 2.18. The Labute approximate surface area is 96.0 Å². The Hall–Kier alpha value is -0.0500. The molecule has 2 nitrogen and oxygen atoms in total. The zero-order chi connectivity index (χ0) is 10.6. The van der Waals surface area contributed by atoms with Crippen LogP contribution in [0.3, 0.4) is 0 Å². The molecule has 0 aliphatic heterocycles. The summed E-state index contributed by atoms with van der Waals surface area (Å²) in [5.74, 6) is 0.211. The molecule has 0 aliphatic carbocycles. The molecule has 0 spiro atoms. The van der Waals surface area contributed by atoms with Crippen LogP contribution in [0.4, 0.5) is 0 Å². The van der Waals surface area contributed by atoms with Crippen molar-refractivity contribution in [3.63, 3.8) is 0 Å². The highest BCUT2D eigenvalue weighted by atomic mass is 79.9. The van der Waals surface area contributed by atoms with Crippen molar-refractivity contribution >= 4 is 21.8 Å². The van der Waals surface area contributed by atoms with Crippen molar-refractivity contribution in [2.24, 2.45) is 0 Å². The third-order valence-electron chi connectivity index (χ3n) is 2.14. The number of alkyl halides is 1. The van der Waals surface area contributed by atoms with Crippen LogP contribution in [0, 0.1) is 0 Å². The van der Waals surface area contributed by atoms with Crippen LogP contribution in [0.2, 0.25) is 0 Å². The highest BCUT2D eigenvalue weighted by Crippen LogP contribution is 1.99. The number of carbonyl (C=O) groups excluding carboxylic acids is 1. The zero-order valence-electron chi connectivity index (χ0n) is 9.15. The molecule has 1 amide bonds. The van der Waals surface area contributed by atoms with E-state index < -0.39 is 0 Å². The number of hydrogen-bond acceptors (Lipinski definition) is 1. The van der Waals surface area contributed by atoms with Gasteiger partial charge >= 0.3 is 0 Å². The normalized spacial score (nSPS) is 10.1. The minimum atomic E-state index is 0.211. The number of hydrogen-bond donors (Lipinski definition) is 1. The van der Waals surface area contributed by atoms with E-state index >= 15 is 0 Å².